The zero-order chi connectivity index (χ0) is 39.5. The molecule has 2 heterocycles. The highest BCUT2D eigenvalue weighted by Crippen LogP contribution is 2.61. The predicted molar refractivity (Wildman–Crippen MR) is 215 cm³/mol. The average Bonchev–Trinajstić information content (AvgIpc) is 3.22. The Morgan fingerprint density at radius 3 is 2.55 bits per heavy atom. The van der Waals surface area contributed by atoms with Gasteiger partial charge in [0.25, 0.3) is 0 Å². The molecule has 7 atom stereocenters. The van der Waals surface area contributed by atoms with E-state index in [2.05, 4.69) is 25.3 Å². The number of benzene rings is 2. The maximum Gasteiger partial charge on any atom is 0.239 e. The molecule has 1 amide bonds. The summed E-state index contributed by atoms with van der Waals surface area (Å²) >= 11 is 0. The smallest absolute Gasteiger partial charge is 0.239 e. The summed E-state index contributed by atoms with van der Waals surface area (Å²) in [7, 11) is 3.44. The van der Waals surface area contributed by atoms with Gasteiger partial charge in [-0.25, -0.2) is 0 Å². The van der Waals surface area contributed by atoms with Crippen LogP contribution < -0.4 is 14.2 Å². The molecule has 2 aliphatic heterocycles. The van der Waals surface area contributed by atoms with E-state index in [4.69, 9.17) is 33.7 Å². The first-order valence-electron chi connectivity index (χ1n) is 20.4. The van der Waals surface area contributed by atoms with Crippen molar-refractivity contribution < 1.29 is 43.5 Å². The zero-order valence-electron chi connectivity index (χ0n) is 33.1. The van der Waals surface area contributed by atoms with Crippen LogP contribution in [0, 0.1) is 17.8 Å². The number of rotatable bonds is 20. The van der Waals surface area contributed by atoms with Crippen molar-refractivity contribution in [2.24, 2.45) is 22.9 Å². The van der Waals surface area contributed by atoms with Crippen LogP contribution in [0.25, 0.3) is 0 Å². The zero-order valence-corrected chi connectivity index (χ0v) is 33.1. The summed E-state index contributed by atoms with van der Waals surface area (Å²) in [5, 5.41) is 24.6. The van der Waals surface area contributed by atoms with Gasteiger partial charge in [-0.2, -0.15) is 0 Å². The van der Waals surface area contributed by atoms with E-state index in [-0.39, 0.29) is 49.9 Å². The van der Waals surface area contributed by atoms with E-state index in [0.29, 0.717) is 49.7 Å². The minimum absolute atomic E-state index is 0.107. The van der Waals surface area contributed by atoms with Crippen LogP contribution >= 0.6 is 0 Å². The van der Waals surface area contributed by atoms with E-state index in [0.717, 1.165) is 67.4 Å². The number of oxime groups is 1. The van der Waals surface area contributed by atoms with E-state index >= 15 is 0 Å². The Morgan fingerprint density at radius 1 is 1.02 bits per heavy atom. The molecule has 4 aliphatic rings. The van der Waals surface area contributed by atoms with Gasteiger partial charge in [-0.15, -0.1) is 6.58 Å². The largest absolute Gasteiger partial charge is 0.497 e. The van der Waals surface area contributed by atoms with Crippen LogP contribution in [-0.2, 0) is 25.5 Å². The van der Waals surface area contributed by atoms with Crippen molar-refractivity contribution in [3.8, 4) is 17.2 Å². The fourth-order valence-electron chi connectivity index (χ4n) is 9.14. The summed E-state index contributed by atoms with van der Waals surface area (Å²) in [6.45, 7) is 9.27. The summed E-state index contributed by atoms with van der Waals surface area (Å²) in [5.41, 5.74) is 3.56. The maximum absolute atomic E-state index is 14.5. The Bertz CT molecular complexity index is 1700. The molecule has 1 unspecified atom stereocenters. The molecule has 11 nitrogen and oxygen atoms in total. The highest BCUT2D eigenvalue weighted by atomic mass is 16.8. The minimum atomic E-state index is -1.33. The van der Waals surface area contributed by atoms with Crippen LogP contribution in [-0.4, -0.2) is 92.0 Å². The second-order valence-corrected chi connectivity index (χ2v) is 15.3. The number of methoxy groups -OCH3 is 1. The SMILES string of the molecule is C=CCOc1ccc2c(c1)[C@H]1[C@H](CCCCO)[C@@H](CCCCO)C=C3C(=NOC4CCCCO4)C[C@H](N(C)C(=O)Cc4cccc(OC)c4)[C@@](OCC=C)(O2)[C@H]31. The van der Waals surface area contributed by atoms with Crippen molar-refractivity contribution >= 4 is 11.6 Å². The average molecular weight is 773 g/mol. The van der Waals surface area contributed by atoms with Crippen molar-refractivity contribution in [1.82, 2.24) is 4.90 Å². The molecular weight excluding hydrogens is 712 g/mol. The highest BCUT2D eigenvalue weighted by molar-refractivity contribution is 6.03. The summed E-state index contributed by atoms with van der Waals surface area (Å²) in [5.74, 6) is 0.314. The number of aliphatic hydroxyl groups is 2. The van der Waals surface area contributed by atoms with Crippen molar-refractivity contribution in [3.63, 3.8) is 0 Å². The fraction of sp³-hybridized carbons (Fsp3) is 0.556. The quantitative estimate of drug-likeness (QED) is 0.0822. The van der Waals surface area contributed by atoms with Gasteiger partial charge in [0.05, 0.1) is 38.4 Å². The Balaban J connectivity index is 1.53. The molecule has 1 saturated heterocycles. The molecule has 11 heteroatoms. The third-order valence-corrected chi connectivity index (χ3v) is 11.8. The molecule has 0 radical (unpaired) electrons. The van der Waals surface area contributed by atoms with Gasteiger partial charge in [0, 0.05) is 44.6 Å². The molecule has 2 aliphatic carbocycles. The van der Waals surface area contributed by atoms with Gasteiger partial charge in [-0.05, 0) is 91.8 Å². The third kappa shape index (κ3) is 9.17. The number of carbonyl (C=O) groups excluding carboxylic acids is 1. The lowest BCUT2D eigenvalue weighted by molar-refractivity contribution is -0.255. The molecule has 2 aromatic carbocycles. The lowest BCUT2D eigenvalue weighted by atomic mass is 9.55. The van der Waals surface area contributed by atoms with E-state index < -0.39 is 24.0 Å². The first-order valence-corrected chi connectivity index (χ1v) is 20.4. The monoisotopic (exact) mass is 772 g/mol. The number of unbranched alkanes of at least 4 members (excludes halogenated alkanes) is 2. The van der Waals surface area contributed by atoms with Crippen molar-refractivity contribution in [1.29, 1.82) is 0 Å². The number of aliphatic hydroxyl groups excluding tert-OH is 2. The number of hydrogen-bond donors (Lipinski definition) is 2. The minimum Gasteiger partial charge on any atom is -0.497 e. The van der Waals surface area contributed by atoms with Crippen LogP contribution in [0.3, 0.4) is 0 Å². The Hall–Kier alpha value is -4.16. The lowest BCUT2D eigenvalue weighted by Crippen LogP contribution is -2.69. The molecule has 2 fully saturated rings. The standard InChI is InChI=1S/C45H60N2O9/c1-5-23-52-34-19-20-39-37(29-34)43-35(17-8-11-22-49)32(15-7-10-21-48)28-36-38(46-56-42-18-9-12-25-53-42)30-40(45(55-39,44(36)43)54-24-6-2)47(3)41(50)27-31-14-13-16-33(26-31)51-4/h5-6,13-14,16,19-20,26,28-29,32,35,40,42-44,48-49H,1-2,7-12,15,17-18,21-25,27,30H2,3-4H3/t32-,35+,40-,42?,43+,44+,45+/m0/s1. The van der Waals surface area contributed by atoms with Crippen molar-refractivity contribution in [2.45, 2.75) is 94.7 Å². The van der Waals surface area contributed by atoms with E-state index in [9.17, 15) is 15.0 Å². The number of amides is 1. The number of ether oxygens (including phenoxy) is 5. The molecule has 56 heavy (non-hydrogen) atoms. The molecule has 6 rings (SSSR count). The van der Waals surface area contributed by atoms with Crippen molar-refractivity contribution in [2.75, 3.05) is 47.2 Å². The van der Waals surface area contributed by atoms with Gasteiger partial charge in [0.15, 0.2) is 0 Å². The number of allylic oxidation sites excluding steroid dienone is 1. The van der Waals surface area contributed by atoms with Gasteiger partial charge in [0.1, 0.15) is 29.9 Å². The molecule has 0 aromatic heterocycles. The molecule has 304 valence electrons. The predicted octanol–water partition coefficient (Wildman–Crippen LogP) is 7.12. The Morgan fingerprint density at radius 2 is 1.82 bits per heavy atom. The molecule has 0 bridgehead atoms. The summed E-state index contributed by atoms with van der Waals surface area (Å²) in [6, 6.07) is 12.9. The Kier molecular flexibility index (Phi) is 14.7. The third-order valence-electron chi connectivity index (χ3n) is 11.8. The first kappa shape index (κ1) is 41.5. The second kappa shape index (κ2) is 19.8. The first-order chi connectivity index (χ1) is 27.4. The van der Waals surface area contributed by atoms with Crippen LogP contribution in [0.1, 0.15) is 81.3 Å². The molecular formula is C45H60N2O9. The van der Waals surface area contributed by atoms with Crippen LogP contribution in [0.2, 0.25) is 0 Å². The Labute approximate surface area is 331 Å². The van der Waals surface area contributed by atoms with Crippen LogP contribution in [0.5, 0.6) is 17.2 Å². The van der Waals surface area contributed by atoms with Gasteiger partial charge >= 0.3 is 0 Å². The van der Waals surface area contributed by atoms with E-state index in [1.165, 1.54) is 0 Å². The number of likely N-dealkylation sites (N-methyl/N-ethyl adjacent to an activating group) is 1. The summed E-state index contributed by atoms with van der Waals surface area (Å²) in [4.78, 5) is 22.4. The van der Waals surface area contributed by atoms with Crippen LogP contribution in [0.4, 0.5) is 0 Å². The fourth-order valence-corrected chi connectivity index (χ4v) is 9.14. The topological polar surface area (TPSA) is 129 Å². The number of fused-ring (bicyclic) bond motifs is 2. The summed E-state index contributed by atoms with van der Waals surface area (Å²) in [6.07, 6.45) is 13.3. The van der Waals surface area contributed by atoms with Gasteiger partial charge in [-0.1, -0.05) is 54.9 Å². The van der Waals surface area contributed by atoms with Gasteiger partial charge in [0.2, 0.25) is 18.0 Å². The molecule has 0 spiro atoms. The van der Waals surface area contributed by atoms with Gasteiger partial charge in [-0.3, -0.25) is 4.79 Å². The summed E-state index contributed by atoms with van der Waals surface area (Å²) < 4.78 is 31.8. The number of nitrogens with zero attached hydrogens (tertiary/aromatic N) is 2. The number of hydrogen-bond acceptors (Lipinski definition) is 10. The molecule has 2 aromatic rings. The molecule has 2 N–H and O–H groups in total. The van der Waals surface area contributed by atoms with E-state index in [1.54, 1.807) is 24.2 Å². The van der Waals surface area contributed by atoms with Crippen molar-refractivity contribution in [3.05, 3.63) is 90.6 Å². The maximum atomic E-state index is 14.5. The lowest BCUT2D eigenvalue weighted by Gasteiger charge is -2.59. The normalized spacial score (nSPS) is 27.2. The number of carbonyl (C=O) groups is 1. The molecule has 1 saturated carbocycles. The second-order valence-electron chi connectivity index (χ2n) is 15.3. The van der Waals surface area contributed by atoms with Gasteiger partial charge < -0.3 is 43.6 Å². The highest BCUT2D eigenvalue weighted by Gasteiger charge is 2.65. The van der Waals surface area contributed by atoms with E-state index in [1.807, 2.05) is 43.4 Å². The van der Waals surface area contributed by atoms with Crippen LogP contribution in [0.15, 0.2) is 84.6 Å².